The Bertz CT molecular complexity index is 652. The second-order valence-corrected chi connectivity index (χ2v) is 4.58. The fourth-order valence-corrected chi connectivity index (χ4v) is 1.91. The lowest BCUT2D eigenvalue weighted by Gasteiger charge is -2.08. The summed E-state index contributed by atoms with van der Waals surface area (Å²) in [5.74, 6) is 0.889. The predicted octanol–water partition coefficient (Wildman–Crippen LogP) is 3.39. The molecule has 1 aromatic heterocycles. The van der Waals surface area contributed by atoms with Gasteiger partial charge in [0.1, 0.15) is 5.75 Å². The lowest BCUT2D eigenvalue weighted by Crippen LogP contribution is -1.97. The first-order chi connectivity index (χ1) is 8.88. The number of hydrogen-bond donors (Lipinski definition) is 0. The van der Waals surface area contributed by atoms with E-state index in [0.717, 1.165) is 5.69 Å². The molecule has 100 valence electrons. The van der Waals surface area contributed by atoms with E-state index in [9.17, 15) is 10.1 Å². The Morgan fingerprint density at radius 3 is 2.58 bits per heavy atom. The summed E-state index contributed by atoms with van der Waals surface area (Å²) >= 11 is 6.00. The number of nitro groups is 1. The standard InChI is InChI=1S/C12H12ClN3O3/c1-7-4-11(9(13)6-10(7)16(17)18)19-12-5-8(2)14-15(12)3/h4-6H,1-3H3. The number of aromatic nitrogens is 2. The zero-order chi connectivity index (χ0) is 14.2. The molecule has 1 aromatic carbocycles. The fraction of sp³-hybridized carbons (Fsp3) is 0.250. The quantitative estimate of drug-likeness (QED) is 0.639. The van der Waals surface area contributed by atoms with E-state index in [0.29, 0.717) is 17.2 Å². The number of hydrogen-bond acceptors (Lipinski definition) is 4. The second kappa shape index (κ2) is 4.89. The summed E-state index contributed by atoms with van der Waals surface area (Å²) in [5, 5.41) is 15.1. The highest BCUT2D eigenvalue weighted by Gasteiger charge is 2.16. The molecule has 0 atom stereocenters. The third-order valence-corrected chi connectivity index (χ3v) is 2.92. The third-order valence-electron chi connectivity index (χ3n) is 2.62. The molecule has 7 heteroatoms. The summed E-state index contributed by atoms with van der Waals surface area (Å²) in [6.45, 7) is 3.48. The molecule has 0 bridgehead atoms. The highest BCUT2D eigenvalue weighted by atomic mass is 35.5. The van der Waals surface area contributed by atoms with Crippen molar-refractivity contribution in [3.63, 3.8) is 0 Å². The van der Waals surface area contributed by atoms with Gasteiger partial charge < -0.3 is 4.74 Å². The lowest BCUT2D eigenvalue weighted by atomic mass is 10.2. The molecule has 2 rings (SSSR count). The van der Waals surface area contributed by atoms with Crippen molar-refractivity contribution in [3.8, 4) is 11.6 Å². The molecule has 2 aromatic rings. The van der Waals surface area contributed by atoms with Gasteiger partial charge in [0, 0.05) is 24.7 Å². The van der Waals surface area contributed by atoms with Crippen LogP contribution >= 0.6 is 11.6 Å². The van der Waals surface area contributed by atoms with Crippen LogP contribution in [0.1, 0.15) is 11.3 Å². The number of rotatable bonds is 3. The number of benzene rings is 1. The van der Waals surface area contributed by atoms with Crippen molar-refractivity contribution in [3.05, 3.63) is 44.6 Å². The second-order valence-electron chi connectivity index (χ2n) is 4.18. The summed E-state index contributed by atoms with van der Waals surface area (Å²) in [5.41, 5.74) is 1.27. The van der Waals surface area contributed by atoms with E-state index < -0.39 is 4.92 Å². The molecule has 0 radical (unpaired) electrons. The van der Waals surface area contributed by atoms with Gasteiger partial charge in [-0.1, -0.05) is 11.6 Å². The highest BCUT2D eigenvalue weighted by Crippen LogP contribution is 2.34. The van der Waals surface area contributed by atoms with Crippen molar-refractivity contribution in [2.45, 2.75) is 13.8 Å². The Morgan fingerprint density at radius 1 is 1.37 bits per heavy atom. The zero-order valence-corrected chi connectivity index (χ0v) is 11.4. The number of nitro benzene ring substituents is 1. The minimum Gasteiger partial charge on any atom is -0.438 e. The number of ether oxygens (including phenoxy) is 1. The maximum atomic E-state index is 10.8. The zero-order valence-electron chi connectivity index (χ0n) is 10.7. The molecule has 19 heavy (non-hydrogen) atoms. The van der Waals surface area contributed by atoms with Gasteiger partial charge in [0.2, 0.25) is 5.88 Å². The van der Waals surface area contributed by atoms with Crippen LogP contribution in [0.3, 0.4) is 0 Å². The van der Waals surface area contributed by atoms with Crippen molar-refractivity contribution in [2.75, 3.05) is 0 Å². The minimum atomic E-state index is -0.473. The van der Waals surface area contributed by atoms with Crippen LogP contribution in [0.2, 0.25) is 5.02 Å². The molecule has 0 amide bonds. The molecule has 0 aliphatic heterocycles. The maximum Gasteiger partial charge on any atom is 0.274 e. The van der Waals surface area contributed by atoms with E-state index >= 15 is 0 Å². The Morgan fingerprint density at radius 2 is 2.05 bits per heavy atom. The SMILES string of the molecule is Cc1cc(Oc2cc(C)c([N+](=O)[O-])cc2Cl)n(C)n1. The van der Waals surface area contributed by atoms with Gasteiger partial charge in [-0.25, -0.2) is 4.68 Å². The smallest absolute Gasteiger partial charge is 0.274 e. The van der Waals surface area contributed by atoms with E-state index in [2.05, 4.69) is 5.10 Å². The summed E-state index contributed by atoms with van der Waals surface area (Å²) in [7, 11) is 1.74. The molecule has 6 nitrogen and oxygen atoms in total. The molecular formula is C12H12ClN3O3. The van der Waals surface area contributed by atoms with E-state index in [1.165, 1.54) is 6.07 Å². The molecule has 0 aliphatic carbocycles. The van der Waals surface area contributed by atoms with Crippen LogP contribution in [0.4, 0.5) is 5.69 Å². The Labute approximate surface area is 114 Å². The van der Waals surface area contributed by atoms with Crippen molar-refractivity contribution in [2.24, 2.45) is 7.05 Å². The first-order valence-electron chi connectivity index (χ1n) is 5.51. The number of halogens is 1. The monoisotopic (exact) mass is 281 g/mol. The molecule has 0 fully saturated rings. The van der Waals surface area contributed by atoms with Crippen LogP contribution < -0.4 is 4.74 Å². The van der Waals surface area contributed by atoms with Crippen LogP contribution in [0.25, 0.3) is 0 Å². The topological polar surface area (TPSA) is 70.2 Å². The van der Waals surface area contributed by atoms with E-state index in [1.807, 2.05) is 6.92 Å². The highest BCUT2D eigenvalue weighted by molar-refractivity contribution is 6.32. The first-order valence-corrected chi connectivity index (χ1v) is 5.89. The average molecular weight is 282 g/mol. The normalized spacial score (nSPS) is 10.5. The number of nitrogens with zero attached hydrogens (tertiary/aromatic N) is 3. The van der Waals surface area contributed by atoms with Gasteiger partial charge in [-0.15, -0.1) is 0 Å². The third kappa shape index (κ3) is 2.68. The molecule has 0 spiro atoms. The van der Waals surface area contributed by atoms with E-state index in [1.54, 1.807) is 30.8 Å². The van der Waals surface area contributed by atoms with E-state index in [4.69, 9.17) is 16.3 Å². The van der Waals surface area contributed by atoms with Crippen molar-refractivity contribution < 1.29 is 9.66 Å². The Hall–Kier alpha value is -2.08. The van der Waals surface area contributed by atoms with Crippen LogP contribution in [0.15, 0.2) is 18.2 Å². The summed E-state index contributed by atoms with van der Waals surface area (Å²) in [6.07, 6.45) is 0. The van der Waals surface area contributed by atoms with Crippen LogP contribution in [0, 0.1) is 24.0 Å². The maximum absolute atomic E-state index is 10.8. The predicted molar refractivity (Wildman–Crippen MR) is 70.9 cm³/mol. The molecule has 0 saturated heterocycles. The van der Waals surface area contributed by atoms with Gasteiger partial charge in [-0.05, 0) is 19.9 Å². The molecule has 1 heterocycles. The summed E-state index contributed by atoms with van der Waals surface area (Å²) in [4.78, 5) is 10.3. The van der Waals surface area contributed by atoms with Crippen molar-refractivity contribution in [1.29, 1.82) is 0 Å². The molecule has 0 aliphatic rings. The molecular weight excluding hydrogens is 270 g/mol. The van der Waals surface area contributed by atoms with Crippen LogP contribution in [-0.4, -0.2) is 14.7 Å². The van der Waals surface area contributed by atoms with Gasteiger partial charge in [-0.3, -0.25) is 10.1 Å². The van der Waals surface area contributed by atoms with Gasteiger partial charge >= 0.3 is 0 Å². The van der Waals surface area contributed by atoms with Gasteiger partial charge in [-0.2, -0.15) is 5.10 Å². The summed E-state index contributed by atoms with van der Waals surface area (Å²) < 4.78 is 7.19. The Kier molecular flexibility index (Phi) is 3.44. The Balaban J connectivity index is 2.39. The van der Waals surface area contributed by atoms with Gasteiger partial charge in [0.25, 0.3) is 5.69 Å². The largest absolute Gasteiger partial charge is 0.438 e. The molecule has 0 unspecified atom stereocenters. The lowest BCUT2D eigenvalue weighted by molar-refractivity contribution is -0.385. The molecule has 0 saturated carbocycles. The average Bonchev–Trinajstić information content (AvgIpc) is 2.61. The van der Waals surface area contributed by atoms with Gasteiger partial charge in [0.15, 0.2) is 0 Å². The minimum absolute atomic E-state index is 0.0291. The van der Waals surface area contributed by atoms with Crippen molar-refractivity contribution >= 4 is 17.3 Å². The van der Waals surface area contributed by atoms with Gasteiger partial charge in [0.05, 0.1) is 15.6 Å². The number of aryl methyl sites for hydroxylation is 3. The molecule has 0 N–H and O–H groups in total. The van der Waals surface area contributed by atoms with Crippen LogP contribution in [-0.2, 0) is 7.05 Å². The fourth-order valence-electron chi connectivity index (χ4n) is 1.71. The van der Waals surface area contributed by atoms with Crippen LogP contribution in [0.5, 0.6) is 11.6 Å². The van der Waals surface area contributed by atoms with E-state index in [-0.39, 0.29) is 10.7 Å². The van der Waals surface area contributed by atoms with Crippen molar-refractivity contribution in [1.82, 2.24) is 9.78 Å². The first kappa shape index (κ1) is 13.4. The summed E-state index contributed by atoms with van der Waals surface area (Å²) in [6, 6.07) is 4.59.